The van der Waals surface area contributed by atoms with Crippen molar-refractivity contribution in [2.45, 2.75) is 33.7 Å². The zero-order valence-electron chi connectivity index (χ0n) is 15.2. The highest BCUT2D eigenvalue weighted by Gasteiger charge is 2.28. The second-order valence-electron chi connectivity index (χ2n) is 6.76. The van der Waals surface area contributed by atoms with Gasteiger partial charge in [0.2, 0.25) is 5.91 Å². The summed E-state index contributed by atoms with van der Waals surface area (Å²) >= 11 is 0. The van der Waals surface area contributed by atoms with Crippen molar-refractivity contribution in [2.24, 2.45) is 5.92 Å². The van der Waals surface area contributed by atoms with E-state index in [0.717, 1.165) is 30.2 Å². The molecule has 0 spiro atoms. The first-order valence-electron chi connectivity index (χ1n) is 8.40. The first-order valence-corrected chi connectivity index (χ1v) is 8.40. The Kier molecular flexibility index (Phi) is 5.84. The number of piperazine rings is 1. The van der Waals surface area contributed by atoms with E-state index >= 15 is 0 Å². The van der Waals surface area contributed by atoms with Crippen LogP contribution in [0.2, 0.25) is 0 Å². The van der Waals surface area contributed by atoms with Crippen molar-refractivity contribution in [3.05, 3.63) is 11.5 Å². The molecule has 0 radical (unpaired) electrons. The zero-order valence-corrected chi connectivity index (χ0v) is 15.2. The third-order valence-electron chi connectivity index (χ3n) is 4.57. The van der Waals surface area contributed by atoms with Gasteiger partial charge in [-0.25, -0.2) is 0 Å². The minimum Gasteiger partial charge on any atom is -0.361 e. The molecular weight excluding hydrogens is 306 g/mol. The third kappa shape index (κ3) is 3.88. The van der Waals surface area contributed by atoms with E-state index in [1.807, 2.05) is 30.7 Å². The molecule has 1 saturated heterocycles. The summed E-state index contributed by atoms with van der Waals surface area (Å²) in [5, 5.41) is 13.2. The molecule has 1 aliphatic rings. The van der Waals surface area contributed by atoms with Crippen LogP contribution in [0.15, 0.2) is 4.52 Å². The number of rotatable bonds is 5. The fourth-order valence-corrected chi connectivity index (χ4v) is 3.31. The summed E-state index contributed by atoms with van der Waals surface area (Å²) in [5.41, 5.74) is 1.67. The predicted molar refractivity (Wildman–Crippen MR) is 91.6 cm³/mol. The number of hydrogen-bond acceptors (Lipinski definition) is 6. The predicted octanol–water partition coefficient (Wildman–Crippen LogP) is 1.42. The lowest BCUT2D eigenvalue weighted by Gasteiger charge is -2.38. The Morgan fingerprint density at radius 2 is 1.96 bits per heavy atom. The summed E-state index contributed by atoms with van der Waals surface area (Å²) in [6, 6.07) is 2.30. The summed E-state index contributed by atoms with van der Waals surface area (Å²) in [7, 11) is 1.88. The first kappa shape index (κ1) is 18.3. The van der Waals surface area contributed by atoms with Crippen LogP contribution in [-0.4, -0.2) is 66.7 Å². The largest absolute Gasteiger partial charge is 0.361 e. The molecule has 1 fully saturated rings. The molecule has 0 unspecified atom stereocenters. The molecule has 0 aromatic carbocycles. The highest BCUT2D eigenvalue weighted by atomic mass is 16.5. The average molecular weight is 333 g/mol. The maximum atomic E-state index is 12.6. The van der Waals surface area contributed by atoms with Gasteiger partial charge in [-0.15, -0.1) is 0 Å². The van der Waals surface area contributed by atoms with Crippen molar-refractivity contribution >= 4 is 11.6 Å². The number of aromatic nitrogens is 1. The number of aryl methyl sites for hydroxylation is 2. The lowest BCUT2D eigenvalue weighted by Crippen LogP contribution is -2.54. The minimum absolute atomic E-state index is 0.0766. The van der Waals surface area contributed by atoms with E-state index in [1.54, 1.807) is 0 Å². The SMILES string of the molecule is Cc1noc(C)c1N(C)CC(=O)N1CCN([C@@H](C#N)C(C)C)CC1. The highest BCUT2D eigenvalue weighted by molar-refractivity contribution is 5.81. The summed E-state index contributed by atoms with van der Waals surface area (Å²) in [6.45, 7) is 11.0. The Balaban J connectivity index is 1.90. The van der Waals surface area contributed by atoms with Gasteiger partial charge in [-0.2, -0.15) is 5.26 Å². The Labute approximate surface area is 143 Å². The number of carbonyl (C=O) groups excluding carboxylic acids is 1. The van der Waals surface area contributed by atoms with Crippen LogP contribution in [0, 0.1) is 31.1 Å². The maximum absolute atomic E-state index is 12.6. The van der Waals surface area contributed by atoms with Crippen LogP contribution in [0.3, 0.4) is 0 Å². The molecule has 0 bridgehead atoms. The van der Waals surface area contributed by atoms with Gasteiger partial charge in [0.25, 0.3) is 0 Å². The fraction of sp³-hybridized carbons (Fsp3) is 0.706. The molecule has 7 nitrogen and oxygen atoms in total. The number of anilines is 1. The van der Waals surface area contributed by atoms with Crippen molar-refractivity contribution in [2.75, 3.05) is 44.7 Å². The molecular formula is C17H27N5O2. The van der Waals surface area contributed by atoms with Gasteiger partial charge in [0.05, 0.1) is 12.6 Å². The van der Waals surface area contributed by atoms with Crippen molar-refractivity contribution in [3.8, 4) is 6.07 Å². The number of nitriles is 1. The number of likely N-dealkylation sites (N-methyl/N-ethyl adjacent to an activating group) is 1. The second-order valence-corrected chi connectivity index (χ2v) is 6.76. The molecule has 0 aliphatic carbocycles. The van der Waals surface area contributed by atoms with E-state index in [-0.39, 0.29) is 11.9 Å². The highest BCUT2D eigenvalue weighted by Crippen LogP contribution is 2.22. The molecule has 1 aliphatic heterocycles. The smallest absolute Gasteiger partial charge is 0.242 e. The monoisotopic (exact) mass is 333 g/mol. The Hall–Kier alpha value is -2.07. The normalized spacial score (nSPS) is 17.0. The molecule has 1 amide bonds. The van der Waals surface area contributed by atoms with Crippen LogP contribution in [0.4, 0.5) is 5.69 Å². The van der Waals surface area contributed by atoms with Crippen LogP contribution in [0.25, 0.3) is 0 Å². The van der Waals surface area contributed by atoms with E-state index < -0.39 is 0 Å². The van der Waals surface area contributed by atoms with Gasteiger partial charge in [0.15, 0.2) is 5.76 Å². The number of amides is 1. The van der Waals surface area contributed by atoms with Crippen LogP contribution in [-0.2, 0) is 4.79 Å². The van der Waals surface area contributed by atoms with Crippen molar-refractivity contribution in [1.29, 1.82) is 5.26 Å². The van der Waals surface area contributed by atoms with Crippen LogP contribution < -0.4 is 4.90 Å². The molecule has 2 rings (SSSR count). The molecule has 0 N–H and O–H groups in total. The molecule has 132 valence electrons. The first-order chi connectivity index (χ1) is 11.3. The zero-order chi connectivity index (χ0) is 17.9. The van der Waals surface area contributed by atoms with E-state index in [1.165, 1.54) is 0 Å². The van der Waals surface area contributed by atoms with E-state index in [0.29, 0.717) is 25.6 Å². The lowest BCUT2D eigenvalue weighted by molar-refractivity contribution is -0.131. The molecule has 1 aromatic rings. The average Bonchev–Trinajstić information content (AvgIpc) is 2.87. The summed E-state index contributed by atoms with van der Waals surface area (Å²) in [4.78, 5) is 18.5. The molecule has 7 heteroatoms. The van der Waals surface area contributed by atoms with Crippen molar-refractivity contribution in [3.63, 3.8) is 0 Å². The van der Waals surface area contributed by atoms with Crippen LogP contribution in [0.1, 0.15) is 25.3 Å². The van der Waals surface area contributed by atoms with Gasteiger partial charge >= 0.3 is 0 Å². The van der Waals surface area contributed by atoms with Crippen LogP contribution >= 0.6 is 0 Å². The standard InChI is InChI=1S/C17H27N5O2/c1-12(2)15(10-18)21-6-8-22(9-7-21)16(23)11-20(5)17-13(3)19-24-14(17)4/h12,15H,6-9,11H2,1-5H3/t15-/m0/s1. The Morgan fingerprint density at radius 1 is 1.33 bits per heavy atom. The molecule has 1 atom stereocenters. The number of carbonyl (C=O) groups is 1. The van der Waals surface area contributed by atoms with Gasteiger partial charge in [0, 0.05) is 33.2 Å². The third-order valence-corrected chi connectivity index (χ3v) is 4.57. The van der Waals surface area contributed by atoms with Crippen LogP contribution in [0.5, 0.6) is 0 Å². The molecule has 0 saturated carbocycles. The van der Waals surface area contributed by atoms with Gasteiger partial charge in [-0.05, 0) is 19.8 Å². The summed E-state index contributed by atoms with van der Waals surface area (Å²) in [5.74, 6) is 1.11. The van der Waals surface area contributed by atoms with Crippen molar-refractivity contribution in [1.82, 2.24) is 15.0 Å². The second kappa shape index (κ2) is 7.67. The van der Waals surface area contributed by atoms with Gasteiger partial charge in [-0.3, -0.25) is 9.69 Å². The van der Waals surface area contributed by atoms with E-state index in [9.17, 15) is 10.1 Å². The van der Waals surface area contributed by atoms with Gasteiger partial charge < -0.3 is 14.3 Å². The fourth-order valence-electron chi connectivity index (χ4n) is 3.31. The molecule has 2 heterocycles. The maximum Gasteiger partial charge on any atom is 0.242 e. The van der Waals surface area contributed by atoms with E-state index in [2.05, 4.69) is 30.0 Å². The Morgan fingerprint density at radius 3 is 2.42 bits per heavy atom. The molecule has 1 aromatic heterocycles. The van der Waals surface area contributed by atoms with Gasteiger partial charge in [0.1, 0.15) is 17.4 Å². The summed E-state index contributed by atoms with van der Waals surface area (Å²) in [6.07, 6.45) is 0. The van der Waals surface area contributed by atoms with E-state index in [4.69, 9.17) is 4.52 Å². The molecule has 24 heavy (non-hydrogen) atoms. The summed E-state index contributed by atoms with van der Waals surface area (Å²) < 4.78 is 5.16. The minimum atomic E-state index is -0.0766. The number of hydrogen-bond donors (Lipinski definition) is 0. The topological polar surface area (TPSA) is 76.6 Å². The lowest BCUT2D eigenvalue weighted by atomic mass is 10.0. The number of nitrogens with zero attached hydrogens (tertiary/aromatic N) is 5. The Bertz CT molecular complexity index is 591. The van der Waals surface area contributed by atoms with Crippen molar-refractivity contribution < 1.29 is 9.32 Å². The quantitative estimate of drug-likeness (QED) is 0.811. The van der Waals surface area contributed by atoms with Gasteiger partial charge in [-0.1, -0.05) is 19.0 Å².